The Balaban J connectivity index is 1.72. The number of anilines is 1. The molecule has 3 aromatic rings. The lowest BCUT2D eigenvalue weighted by atomic mass is 10.2. The number of hydrazone groups is 1. The number of rotatable bonds is 9. The molecule has 2 N–H and O–H groups in total. The molecule has 3 rings (SSSR count). The highest BCUT2D eigenvalue weighted by Gasteiger charge is 2.08. The Morgan fingerprint density at radius 1 is 1.10 bits per heavy atom. The van der Waals surface area contributed by atoms with Gasteiger partial charge in [0.2, 0.25) is 4.77 Å². The van der Waals surface area contributed by atoms with E-state index in [1.54, 1.807) is 10.9 Å². The van der Waals surface area contributed by atoms with Crippen LogP contribution in [0.3, 0.4) is 0 Å². The van der Waals surface area contributed by atoms with Gasteiger partial charge in [-0.1, -0.05) is 12.1 Å². The van der Waals surface area contributed by atoms with E-state index in [2.05, 4.69) is 51.7 Å². The van der Waals surface area contributed by atoms with Crippen LogP contribution in [-0.2, 0) is 0 Å². The SMILES string of the molecule is CCOc1ccc(-c2n[nH]c(=S)n2NN=Cc2ccc(N(CC)CC)cc2)cc1. The number of aromatic nitrogens is 3. The van der Waals surface area contributed by atoms with Crippen LogP contribution in [0.15, 0.2) is 53.6 Å². The molecule has 152 valence electrons. The predicted octanol–water partition coefficient (Wildman–Crippen LogP) is 4.43. The number of ether oxygens (including phenoxy) is 1. The van der Waals surface area contributed by atoms with Crippen molar-refractivity contribution in [3.8, 4) is 17.1 Å². The predicted molar refractivity (Wildman–Crippen MR) is 121 cm³/mol. The van der Waals surface area contributed by atoms with Gasteiger partial charge in [-0.3, -0.25) is 0 Å². The van der Waals surface area contributed by atoms with Gasteiger partial charge in [0.15, 0.2) is 5.82 Å². The van der Waals surface area contributed by atoms with Gasteiger partial charge in [0.1, 0.15) is 5.75 Å². The van der Waals surface area contributed by atoms with E-state index in [4.69, 9.17) is 17.0 Å². The van der Waals surface area contributed by atoms with Gasteiger partial charge in [0.25, 0.3) is 0 Å². The molecule has 0 bridgehead atoms. The number of aromatic amines is 1. The zero-order chi connectivity index (χ0) is 20.6. The normalized spacial score (nSPS) is 11.0. The molecule has 0 amide bonds. The van der Waals surface area contributed by atoms with Gasteiger partial charge < -0.3 is 9.64 Å². The molecule has 0 fully saturated rings. The average Bonchev–Trinajstić information content (AvgIpc) is 3.11. The van der Waals surface area contributed by atoms with Crippen LogP contribution >= 0.6 is 12.2 Å². The van der Waals surface area contributed by atoms with Crippen LogP contribution in [0.2, 0.25) is 0 Å². The first kappa shape index (κ1) is 20.6. The Morgan fingerprint density at radius 2 is 1.79 bits per heavy atom. The van der Waals surface area contributed by atoms with Crippen LogP contribution in [0.1, 0.15) is 26.3 Å². The maximum absolute atomic E-state index is 5.49. The topological polar surface area (TPSA) is 70.5 Å². The molecule has 8 heteroatoms. The third-order valence-corrected chi connectivity index (χ3v) is 4.76. The first-order chi connectivity index (χ1) is 14.2. The van der Waals surface area contributed by atoms with Gasteiger partial charge in [-0.05, 0) is 75.0 Å². The van der Waals surface area contributed by atoms with Crippen LogP contribution in [-0.4, -0.2) is 40.8 Å². The molecule has 0 aliphatic rings. The smallest absolute Gasteiger partial charge is 0.216 e. The second-order valence-electron chi connectivity index (χ2n) is 6.27. The summed E-state index contributed by atoms with van der Waals surface area (Å²) in [5.74, 6) is 1.46. The molecule has 0 radical (unpaired) electrons. The Kier molecular flexibility index (Phi) is 7.02. The van der Waals surface area contributed by atoms with Gasteiger partial charge in [-0.2, -0.15) is 14.9 Å². The highest BCUT2D eigenvalue weighted by atomic mass is 32.1. The van der Waals surface area contributed by atoms with Crippen molar-refractivity contribution in [3.63, 3.8) is 0 Å². The van der Waals surface area contributed by atoms with Crippen LogP contribution in [0.5, 0.6) is 5.75 Å². The quantitative estimate of drug-likeness (QED) is 0.310. The summed E-state index contributed by atoms with van der Waals surface area (Å²) in [6, 6.07) is 16.0. The summed E-state index contributed by atoms with van der Waals surface area (Å²) in [7, 11) is 0. The van der Waals surface area contributed by atoms with Gasteiger partial charge >= 0.3 is 0 Å². The molecule has 0 atom stereocenters. The fourth-order valence-electron chi connectivity index (χ4n) is 2.97. The lowest BCUT2D eigenvalue weighted by molar-refractivity contribution is 0.340. The number of hydrogen-bond acceptors (Lipinski definition) is 6. The molecular weight excluding hydrogens is 384 g/mol. The number of benzene rings is 2. The molecule has 0 aliphatic carbocycles. The minimum absolute atomic E-state index is 0.433. The van der Waals surface area contributed by atoms with E-state index in [0.29, 0.717) is 17.2 Å². The summed E-state index contributed by atoms with van der Waals surface area (Å²) in [6.07, 6.45) is 1.75. The van der Waals surface area contributed by atoms with E-state index >= 15 is 0 Å². The zero-order valence-electron chi connectivity index (χ0n) is 16.9. The van der Waals surface area contributed by atoms with E-state index in [1.165, 1.54) is 5.69 Å². The maximum atomic E-state index is 5.49. The minimum Gasteiger partial charge on any atom is -0.494 e. The van der Waals surface area contributed by atoms with E-state index in [0.717, 1.165) is 30.0 Å². The third kappa shape index (κ3) is 5.03. The average molecular weight is 411 g/mol. The van der Waals surface area contributed by atoms with E-state index in [-0.39, 0.29) is 0 Å². The van der Waals surface area contributed by atoms with Crippen LogP contribution in [0.25, 0.3) is 11.4 Å². The Labute approximate surface area is 176 Å². The zero-order valence-corrected chi connectivity index (χ0v) is 17.7. The first-order valence-corrected chi connectivity index (χ1v) is 10.1. The number of H-pyrrole nitrogens is 1. The lowest BCUT2D eigenvalue weighted by Gasteiger charge is -2.20. The summed E-state index contributed by atoms with van der Waals surface area (Å²) in [5, 5.41) is 11.4. The van der Waals surface area contributed by atoms with Crippen LogP contribution in [0.4, 0.5) is 5.69 Å². The van der Waals surface area contributed by atoms with E-state index in [1.807, 2.05) is 43.3 Å². The molecule has 29 heavy (non-hydrogen) atoms. The second-order valence-corrected chi connectivity index (χ2v) is 6.65. The summed E-state index contributed by atoms with van der Waals surface area (Å²) in [4.78, 5) is 2.30. The molecule has 0 unspecified atom stereocenters. The fourth-order valence-corrected chi connectivity index (χ4v) is 3.14. The minimum atomic E-state index is 0.433. The van der Waals surface area contributed by atoms with Gasteiger partial charge in [0.05, 0.1) is 12.8 Å². The molecule has 2 aromatic carbocycles. The van der Waals surface area contributed by atoms with Crippen molar-refractivity contribution in [2.45, 2.75) is 20.8 Å². The maximum Gasteiger partial charge on any atom is 0.216 e. The monoisotopic (exact) mass is 410 g/mol. The molecule has 7 nitrogen and oxygen atoms in total. The van der Waals surface area contributed by atoms with Crippen molar-refractivity contribution in [3.05, 3.63) is 58.9 Å². The second kappa shape index (κ2) is 9.88. The molecule has 0 aliphatic heterocycles. The number of nitrogens with zero attached hydrogens (tertiary/aromatic N) is 4. The lowest BCUT2D eigenvalue weighted by Crippen LogP contribution is -2.21. The van der Waals surface area contributed by atoms with Crippen LogP contribution in [0, 0.1) is 4.77 Å². The van der Waals surface area contributed by atoms with Crippen molar-refractivity contribution in [2.24, 2.45) is 5.10 Å². The van der Waals surface area contributed by atoms with E-state index in [9.17, 15) is 0 Å². The summed E-state index contributed by atoms with van der Waals surface area (Å²) in [6.45, 7) is 8.86. The highest BCUT2D eigenvalue weighted by Crippen LogP contribution is 2.20. The number of nitrogens with one attached hydrogen (secondary N) is 2. The standard InChI is InChI=1S/C21H26N6OS/c1-4-26(5-2)18-11-7-16(8-12-18)15-22-25-27-20(23-24-21(27)29)17-9-13-19(14-10-17)28-6-3/h7-15,25H,4-6H2,1-3H3,(H,24,29). The van der Waals surface area contributed by atoms with Crippen molar-refractivity contribution >= 4 is 24.1 Å². The highest BCUT2D eigenvalue weighted by molar-refractivity contribution is 7.71. The van der Waals surface area contributed by atoms with Crippen molar-refractivity contribution in [1.82, 2.24) is 14.9 Å². The third-order valence-electron chi connectivity index (χ3n) is 4.49. The summed E-state index contributed by atoms with van der Waals surface area (Å²) >= 11 is 5.32. The van der Waals surface area contributed by atoms with E-state index < -0.39 is 0 Å². The van der Waals surface area contributed by atoms with Crippen molar-refractivity contribution in [1.29, 1.82) is 0 Å². The summed E-state index contributed by atoms with van der Waals surface area (Å²) < 4.78 is 7.55. The molecule has 0 saturated heterocycles. The van der Waals surface area contributed by atoms with Crippen molar-refractivity contribution in [2.75, 3.05) is 30.1 Å². The summed E-state index contributed by atoms with van der Waals surface area (Å²) in [5.41, 5.74) is 6.05. The number of hydrogen-bond donors (Lipinski definition) is 2. The first-order valence-electron chi connectivity index (χ1n) is 9.71. The molecule has 0 spiro atoms. The van der Waals surface area contributed by atoms with Crippen molar-refractivity contribution < 1.29 is 4.74 Å². The van der Waals surface area contributed by atoms with Crippen LogP contribution < -0.4 is 15.2 Å². The molecule has 1 aromatic heterocycles. The Hall–Kier alpha value is -3.13. The Morgan fingerprint density at radius 3 is 2.41 bits per heavy atom. The molecule has 0 saturated carbocycles. The van der Waals surface area contributed by atoms with Gasteiger partial charge in [-0.25, -0.2) is 10.6 Å². The van der Waals surface area contributed by atoms with Gasteiger partial charge in [-0.15, -0.1) is 0 Å². The fraction of sp³-hybridized carbons (Fsp3) is 0.286. The molecular formula is C21H26N6OS. The Bertz CT molecular complexity index is 987. The molecule has 1 heterocycles. The van der Waals surface area contributed by atoms with Gasteiger partial charge in [0, 0.05) is 24.3 Å². The largest absolute Gasteiger partial charge is 0.494 e.